The Labute approximate surface area is 105 Å². The van der Waals surface area contributed by atoms with E-state index in [0.717, 1.165) is 4.90 Å². The van der Waals surface area contributed by atoms with E-state index in [4.69, 9.17) is 0 Å². The predicted octanol–water partition coefficient (Wildman–Crippen LogP) is 1.46. The van der Waals surface area contributed by atoms with Crippen LogP contribution in [0.5, 0.6) is 0 Å². The molecule has 1 aliphatic heterocycles. The van der Waals surface area contributed by atoms with Crippen LogP contribution in [0, 0.1) is 5.82 Å². The number of benzene rings is 1. The van der Waals surface area contributed by atoms with Crippen LogP contribution in [0.1, 0.15) is 20.3 Å². The number of halogens is 1. The highest BCUT2D eigenvalue weighted by molar-refractivity contribution is 6.22. The standard InChI is InChI=1S/C13H15FN2O2/c1-8(2)15-11-7-12(17)16(13(11)18)10-5-3-9(14)4-6-10/h3-6,8,11,15H,7H2,1-2H3. The van der Waals surface area contributed by atoms with Crippen LogP contribution < -0.4 is 10.2 Å². The van der Waals surface area contributed by atoms with Gasteiger partial charge in [0.05, 0.1) is 18.2 Å². The fourth-order valence-electron chi connectivity index (χ4n) is 2.03. The molecule has 0 aliphatic carbocycles. The summed E-state index contributed by atoms with van der Waals surface area (Å²) in [5, 5.41) is 3.05. The number of nitrogens with zero attached hydrogens (tertiary/aromatic N) is 1. The van der Waals surface area contributed by atoms with Crippen molar-refractivity contribution in [1.82, 2.24) is 5.32 Å². The Morgan fingerprint density at radius 2 is 1.89 bits per heavy atom. The lowest BCUT2D eigenvalue weighted by Gasteiger charge is -2.16. The van der Waals surface area contributed by atoms with Crippen LogP contribution in [-0.2, 0) is 9.59 Å². The van der Waals surface area contributed by atoms with Crippen molar-refractivity contribution < 1.29 is 14.0 Å². The van der Waals surface area contributed by atoms with Crippen molar-refractivity contribution in [3.63, 3.8) is 0 Å². The van der Waals surface area contributed by atoms with Gasteiger partial charge in [-0.2, -0.15) is 0 Å². The monoisotopic (exact) mass is 250 g/mol. The van der Waals surface area contributed by atoms with Gasteiger partial charge in [-0.05, 0) is 24.3 Å². The Bertz CT molecular complexity index is 470. The first-order valence-corrected chi connectivity index (χ1v) is 5.87. The van der Waals surface area contributed by atoms with E-state index in [0.29, 0.717) is 5.69 Å². The second kappa shape index (κ2) is 4.86. The van der Waals surface area contributed by atoms with Gasteiger partial charge in [-0.3, -0.25) is 9.59 Å². The molecule has 1 fully saturated rings. The third kappa shape index (κ3) is 2.41. The van der Waals surface area contributed by atoms with Crippen molar-refractivity contribution in [3.05, 3.63) is 30.1 Å². The lowest BCUT2D eigenvalue weighted by molar-refractivity contribution is -0.121. The van der Waals surface area contributed by atoms with E-state index in [9.17, 15) is 14.0 Å². The van der Waals surface area contributed by atoms with Gasteiger partial charge in [0.2, 0.25) is 5.91 Å². The maximum atomic E-state index is 12.8. The van der Waals surface area contributed by atoms with Gasteiger partial charge in [0, 0.05) is 6.04 Å². The van der Waals surface area contributed by atoms with Gasteiger partial charge in [0.1, 0.15) is 5.82 Å². The topological polar surface area (TPSA) is 49.4 Å². The van der Waals surface area contributed by atoms with E-state index in [1.165, 1.54) is 24.3 Å². The summed E-state index contributed by atoms with van der Waals surface area (Å²) in [7, 11) is 0. The van der Waals surface area contributed by atoms with Crippen LogP contribution in [0.2, 0.25) is 0 Å². The molecule has 1 aromatic rings. The minimum Gasteiger partial charge on any atom is -0.303 e. The summed E-state index contributed by atoms with van der Waals surface area (Å²) >= 11 is 0. The minimum absolute atomic E-state index is 0.125. The van der Waals surface area contributed by atoms with Gasteiger partial charge in [0.25, 0.3) is 5.91 Å². The smallest absolute Gasteiger partial charge is 0.251 e. The van der Waals surface area contributed by atoms with Crippen molar-refractivity contribution in [2.75, 3.05) is 4.90 Å². The predicted molar refractivity (Wildman–Crippen MR) is 65.6 cm³/mol. The largest absolute Gasteiger partial charge is 0.303 e. The van der Waals surface area contributed by atoms with Gasteiger partial charge in [-0.15, -0.1) is 0 Å². The summed E-state index contributed by atoms with van der Waals surface area (Å²) in [6.45, 7) is 3.83. The average Bonchev–Trinajstić information content (AvgIpc) is 2.55. The highest BCUT2D eigenvalue weighted by atomic mass is 19.1. The first-order chi connectivity index (χ1) is 8.49. The zero-order chi connectivity index (χ0) is 13.3. The number of carbonyl (C=O) groups is 2. The molecule has 0 saturated carbocycles. The average molecular weight is 250 g/mol. The van der Waals surface area contributed by atoms with Crippen molar-refractivity contribution in [2.24, 2.45) is 0 Å². The summed E-state index contributed by atoms with van der Waals surface area (Å²) in [5.74, 6) is -0.931. The molecule has 2 rings (SSSR count). The molecule has 0 spiro atoms. The minimum atomic E-state index is -0.484. The summed E-state index contributed by atoms with van der Waals surface area (Å²) < 4.78 is 12.8. The van der Waals surface area contributed by atoms with Crippen LogP contribution in [0.3, 0.4) is 0 Å². The molecule has 2 amide bonds. The van der Waals surface area contributed by atoms with Crippen molar-refractivity contribution in [3.8, 4) is 0 Å². The fourth-order valence-corrected chi connectivity index (χ4v) is 2.03. The number of nitrogens with one attached hydrogen (secondary N) is 1. The van der Waals surface area contributed by atoms with E-state index >= 15 is 0 Å². The molecule has 0 radical (unpaired) electrons. The maximum Gasteiger partial charge on any atom is 0.251 e. The Balaban J connectivity index is 2.21. The highest BCUT2D eigenvalue weighted by Gasteiger charge is 2.39. The Morgan fingerprint density at radius 1 is 1.28 bits per heavy atom. The third-order valence-electron chi connectivity index (χ3n) is 2.77. The Hall–Kier alpha value is -1.75. The highest BCUT2D eigenvalue weighted by Crippen LogP contribution is 2.23. The number of rotatable bonds is 3. The van der Waals surface area contributed by atoms with Crippen LogP contribution in [0.4, 0.5) is 10.1 Å². The lowest BCUT2D eigenvalue weighted by atomic mass is 10.2. The fraction of sp³-hybridized carbons (Fsp3) is 0.385. The summed E-state index contributed by atoms with van der Waals surface area (Å²) in [6.07, 6.45) is 0.147. The van der Waals surface area contributed by atoms with Gasteiger partial charge in [0.15, 0.2) is 0 Å². The molecule has 1 unspecified atom stereocenters. The van der Waals surface area contributed by atoms with Crippen LogP contribution in [-0.4, -0.2) is 23.9 Å². The molecule has 0 bridgehead atoms. The molecular weight excluding hydrogens is 235 g/mol. The zero-order valence-electron chi connectivity index (χ0n) is 10.3. The Morgan fingerprint density at radius 3 is 2.44 bits per heavy atom. The van der Waals surface area contributed by atoms with Gasteiger partial charge >= 0.3 is 0 Å². The molecule has 1 heterocycles. The molecule has 4 nitrogen and oxygen atoms in total. The number of imide groups is 1. The van der Waals surface area contributed by atoms with Gasteiger partial charge < -0.3 is 5.32 Å². The summed E-state index contributed by atoms with van der Waals surface area (Å²) in [4.78, 5) is 25.0. The second-order valence-electron chi connectivity index (χ2n) is 4.62. The van der Waals surface area contributed by atoms with Gasteiger partial charge in [-0.25, -0.2) is 9.29 Å². The number of hydrogen-bond acceptors (Lipinski definition) is 3. The molecule has 1 aliphatic rings. The molecule has 1 atom stereocenters. The first-order valence-electron chi connectivity index (χ1n) is 5.87. The van der Waals surface area contributed by atoms with E-state index in [1.54, 1.807) is 0 Å². The molecule has 1 aromatic carbocycles. The van der Waals surface area contributed by atoms with E-state index in [2.05, 4.69) is 5.32 Å². The Kier molecular flexibility index (Phi) is 3.43. The molecule has 1 saturated heterocycles. The quantitative estimate of drug-likeness (QED) is 0.826. The van der Waals surface area contributed by atoms with E-state index < -0.39 is 11.9 Å². The van der Waals surface area contributed by atoms with Crippen LogP contribution >= 0.6 is 0 Å². The maximum absolute atomic E-state index is 12.8. The summed E-state index contributed by atoms with van der Waals surface area (Å²) in [5.41, 5.74) is 0.416. The molecular formula is C13H15FN2O2. The number of anilines is 1. The summed E-state index contributed by atoms with van der Waals surface area (Å²) in [6, 6.07) is 4.98. The number of amides is 2. The van der Waals surface area contributed by atoms with Crippen molar-refractivity contribution >= 4 is 17.5 Å². The van der Waals surface area contributed by atoms with E-state index in [1.807, 2.05) is 13.8 Å². The third-order valence-corrected chi connectivity index (χ3v) is 2.77. The zero-order valence-corrected chi connectivity index (χ0v) is 10.3. The van der Waals surface area contributed by atoms with Crippen LogP contribution in [0.15, 0.2) is 24.3 Å². The molecule has 96 valence electrons. The van der Waals surface area contributed by atoms with E-state index in [-0.39, 0.29) is 24.3 Å². The van der Waals surface area contributed by atoms with Gasteiger partial charge in [-0.1, -0.05) is 13.8 Å². The molecule has 18 heavy (non-hydrogen) atoms. The lowest BCUT2D eigenvalue weighted by Crippen LogP contribution is -2.41. The number of carbonyl (C=O) groups excluding carboxylic acids is 2. The number of hydrogen-bond donors (Lipinski definition) is 1. The molecule has 0 aromatic heterocycles. The van der Waals surface area contributed by atoms with Crippen molar-refractivity contribution in [2.45, 2.75) is 32.4 Å². The SMILES string of the molecule is CC(C)NC1CC(=O)N(c2ccc(F)cc2)C1=O. The molecule has 1 N–H and O–H groups in total. The normalized spacial score (nSPS) is 20.0. The molecule has 5 heteroatoms. The second-order valence-corrected chi connectivity index (χ2v) is 4.62. The van der Waals surface area contributed by atoms with Crippen molar-refractivity contribution in [1.29, 1.82) is 0 Å². The van der Waals surface area contributed by atoms with Crippen LogP contribution in [0.25, 0.3) is 0 Å². The first kappa shape index (κ1) is 12.7.